The number of aryl methyl sites for hydroxylation is 2. The molecule has 27 heavy (non-hydrogen) atoms. The second-order valence-corrected chi connectivity index (χ2v) is 9.15. The van der Waals surface area contributed by atoms with Gasteiger partial charge in [-0.2, -0.15) is 0 Å². The van der Waals surface area contributed by atoms with Crippen LogP contribution in [0.2, 0.25) is 0 Å². The lowest BCUT2D eigenvalue weighted by atomic mass is 9.92. The molecule has 1 saturated heterocycles. The highest BCUT2D eigenvalue weighted by atomic mass is 79.9. The molecule has 4 rings (SSSR count). The number of H-pyrrole nitrogens is 1. The molecule has 2 aliphatic rings. The zero-order valence-corrected chi connectivity index (χ0v) is 17.5. The number of carbonyl (C=O) groups excluding carboxylic acids is 1. The SMILES string of the molecule is C=C1CCN(C(=O)OC(C)(C)C)[C@@H]1c1nc2c([nH]1)-c1ccc(Br)cc1CC2. The number of hydrogen-bond acceptors (Lipinski definition) is 3. The number of amides is 1. The molecule has 1 fully saturated rings. The zero-order chi connectivity index (χ0) is 19.3. The largest absolute Gasteiger partial charge is 0.444 e. The third kappa shape index (κ3) is 3.43. The Labute approximate surface area is 167 Å². The van der Waals surface area contributed by atoms with E-state index in [1.165, 1.54) is 11.1 Å². The van der Waals surface area contributed by atoms with Crippen LogP contribution < -0.4 is 0 Å². The van der Waals surface area contributed by atoms with Crippen molar-refractivity contribution in [2.45, 2.75) is 51.7 Å². The maximum atomic E-state index is 12.7. The van der Waals surface area contributed by atoms with Crippen molar-refractivity contribution < 1.29 is 9.53 Å². The Morgan fingerprint density at radius 1 is 1.33 bits per heavy atom. The lowest BCUT2D eigenvalue weighted by Crippen LogP contribution is -2.36. The number of aromatic amines is 1. The standard InChI is InChI=1S/C21H24BrN3O2/c1-12-9-10-25(20(26)27-21(2,3)4)18(12)19-23-16-8-5-13-11-14(22)6-7-15(13)17(16)24-19/h6-7,11,18H,1,5,8-10H2,2-4H3,(H,23,24)/t18-/m0/s1. The van der Waals surface area contributed by atoms with Gasteiger partial charge in [0, 0.05) is 16.6 Å². The number of rotatable bonds is 1. The summed E-state index contributed by atoms with van der Waals surface area (Å²) in [6, 6.07) is 6.08. The molecule has 0 spiro atoms. The first-order valence-electron chi connectivity index (χ1n) is 9.28. The van der Waals surface area contributed by atoms with Crippen LogP contribution in [-0.4, -0.2) is 33.1 Å². The molecule has 1 aromatic carbocycles. The quantitative estimate of drug-likeness (QED) is 0.635. The van der Waals surface area contributed by atoms with E-state index in [0.29, 0.717) is 6.54 Å². The highest BCUT2D eigenvalue weighted by Gasteiger charge is 2.38. The summed E-state index contributed by atoms with van der Waals surface area (Å²) in [5.41, 5.74) is 5.07. The third-order valence-electron chi connectivity index (χ3n) is 5.02. The Morgan fingerprint density at radius 3 is 2.85 bits per heavy atom. The van der Waals surface area contributed by atoms with Crippen molar-refractivity contribution >= 4 is 22.0 Å². The predicted molar refractivity (Wildman–Crippen MR) is 109 cm³/mol. The second-order valence-electron chi connectivity index (χ2n) is 8.23. The van der Waals surface area contributed by atoms with E-state index in [-0.39, 0.29) is 12.1 Å². The molecule has 142 valence electrons. The number of nitrogens with one attached hydrogen (secondary N) is 1. The van der Waals surface area contributed by atoms with Crippen LogP contribution in [0.5, 0.6) is 0 Å². The van der Waals surface area contributed by atoms with Crippen molar-refractivity contribution in [3.8, 4) is 11.3 Å². The lowest BCUT2D eigenvalue weighted by molar-refractivity contribution is 0.0231. The number of aromatic nitrogens is 2. The normalized spacial score (nSPS) is 19.0. The molecular weight excluding hydrogens is 406 g/mol. The number of hydrogen-bond donors (Lipinski definition) is 1. The van der Waals surface area contributed by atoms with E-state index in [2.05, 4.69) is 45.7 Å². The molecule has 1 N–H and O–H groups in total. The molecule has 1 aromatic heterocycles. The van der Waals surface area contributed by atoms with E-state index in [1.807, 2.05) is 20.8 Å². The summed E-state index contributed by atoms with van der Waals surface area (Å²) in [5.74, 6) is 0.782. The van der Waals surface area contributed by atoms with Gasteiger partial charge in [0.25, 0.3) is 0 Å². The van der Waals surface area contributed by atoms with Gasteiger partial charge >= 0.3 is 6.09 Å². The van der Waals surface area contributed by atoms with E-state index >= 15 is 0 Å². The molecule has 0 saturated carbocycles. The van der Waals surface area contributed by atoms with Gasteiger partial charge in [-0.1, -0.05) is 28.6 Å². The number of imidazole rings is 1. The van der Waals surface area contributed by atoms with Gasteiger partial charge in [-0.15, -0.1) is 0 Å². The number of fused-ring (bicyclic) bond motifs is 3. The lowest BCUT2D eigenvalue weighted by Gasteiger charge is -2.27. The van der Waals surface area contributed by atoms with Crippen LogP contribution >= 0.6 is 15.9 Å². The summed E-state index contributed by atoms with van der Waals surface area (Å²) in [5, 5.41) is 0. The van der Waals surface area contributed by atoms with Crippen molar-refractivity contribution in [2.24, 2.45) is 0 Å². The first-order chi connectivity index (χ1) is 12.7. The number of likely N-dealkylation sites (tertiary alicyclic amines) is 1. The molecular formula is C21H24BrN3O2. The van der Waals surface area contributed by atoms with Crippen molar-refractivity contribution in [2.75, 3.05) is 6.54 Å². The van der Waals surface area contributed by atoms with E-state index in [0.717, 1.165) is 46.5 Å². The molecule has 2 aromatic rings. The molecule has 0 unspecified atom stereocenters. The Balaban J connectivity index is 1.68. The summed E-state index contributed by atoms with van der Waals surface area (Å²) < 4.78 is 6.68. The summed E-state index contributed by atoms with van der Waals surface area (Å²) in [4.78, 5) is 22.8. The maximum absolute atomic E-state index is 12.7. The van der Waals surface area contributed by atoms with Crippen LogP contribution in [0.1, 0.15) is 50.3 Å². The van der Waals surface area contributed by atoms with Gasteiger partial charge in [0.15, 0.2) is 0 Å². The average molecular weight is 430 g/mol. The van der Waals surface area contributed by atoms with Crippen LogP contribution in [0, 0.1) is 0 Å². The van der Waals surface area contributed by atoms with Gasteiger partial charge in [-0.05, 0) is 63.3 Å². The van der Waals surface area contributed by atoms with Crippen LogP contribution in [-0.2, 0) is 17.6 Å². The Kier molecular flexibility index (Phi) is 4.41. The van der Waals surface area contributed by atoms with Gasteiger partial charge < -0.3 is 9.72 Å². The van der Waals surface area contributed by atoms with Gasteiger partial charge in [0.05, 0.1) is 11.4 Å². The van der Waals surface area contributed by atoms with Crippen molar-refractivity contribution in [3.63, 3.8) is 0 Å². The van der Waals surface area contributed by atoms with Gasteiger partial charge in [0.2, 0.25) is 0 Å². The van der Waals surface area contributed by atoms with Crippen molar-refractivity contribution in [3.05, 3.63) is 51.9 Å². The van der Waals surface area contributed by atoms with Crippen molar-refractivity contribution in [1.29, 1.82) is 0 Å². The second kappa shape index (κ2) is 6.51. The van der Waals surface area contributed by atoms with Crippen molar-refractivity contribution in [1.82, 2.24) is 14.9 Å². The first-order valence-corrected chi connectivity index (χ1v) is 10.1. The third-order valence-corrected chi connectivity index (χ3v) is 5.52. The highest BCUT2D eigenvalue weighted by molar-refractivity contribution is 9.10. The average Bonchev–Trinajstić information content (AvgIpc) is 3.15. The molecule has 6 heteroatoms. The number of carbonyl (C=O) groups is 1. The Hall–Kier alpha value is -2.08. The fourth-order valence-corrected chi connectivity index (χ4v) is 4.25. The summed E-state index contributed by atoms with van der Waals surface area (Å²) in [7, 11) is 0. The van der Waals surface area contributed by atoms with E-state index < -0.39 is 5.60 Å². The minimum atomic E-state index is -0.527. The van der Waals surface area contributed by atoms with Crippen LogP contribution in [0.4, 0.5) is 4.79 Å². The minimum absolute atomic E-state index is 0.260. The smallest absolute Gasteiger partial charge is 0.411 e. The number of ether oxygens (including phenoxy) is 1. The minimum Gasteiger partial charge on any atom is -0.444 e. The molecule has 1 atom stereocenters. The van der Waals surface area contributed by atoms with E-state index in [1.54, 1.807) is 4.90 Å². The summed E-state index contributed by atoms with van der Waals surface area (Å²) in [6.45, 7) is 10.4. The fourth-order valence-electron chi connectivity index (χ4n) is 3.84. The Morgan fingerprint density at radius 2 is 2.11 bits per heavy atom. The maximum Gasteiger partial charge on any atom is 0.411 e. The highest BCUT2D eigenvalue weighted by Crippen LogP contribution is 2.39. The molecule has 5 nitrogen and oxygen atoms in total. The molecule has 1 amide bonds. The van der Waals surface area contributed by atoms with Crippen LogP contribution in [0.15, 0.2) is 34.8 Å². The van der Waals surface area contributed by atoms with Gasteiger partial charge in [0.1, 0.15) is 17.5 Å². The first kappa shape index (κ1) is 18.3. The molecule has 2 heterocycles. The molecule has 1 aliphatic carbocycles. The Bertz CT molecular complexity index is 926. The zero-order valence-electron chi connectivity index (χ0n) is 15.9. The number of nitrogens with zero attached hydrogens (tertiary/aromatic N) is 2. The molecule has 0 bridgehead atoms. The number of benzene rings is 1. The van der Waals surface area contributed by atoms with E-state index in [4.69, 9.17) is 9.72 Å². The topological polar surface area (TPSA) is 58.2 Å². The van der Waals surface area contributed by atoms with Gasteiger partial charge in [-0.25, -0.2) is 9.78 Å². The fraction of sp³-hybridized carbons (Fsp3) is 0.429. The number of halogens is 1. The molecule has 0 radical (unpaired) electrons. The summed E-state index contributed by atoms with van der Waals surface area (Å²) in [6.07, 6.45) is 2.30. The van der Waals surface area contributed by atoms with Crippen LogP contribution in [0.3, 0.4) is 0 Å². The van der Waals surface area contributed by atoms with Crippen LogP contribution in [0.25, 0.3) is 11.3 Å². The van der Waals surface area contributed by atoms with E-state index in [9.17, 15) is 4.79 Å². The monoisotopic (exact) mass is 429 g/mol. The summed E-state index contributed by atoms with van der Waals surface area (Å²) >= 11 is 3.55. The molecule has 1 aliphatic heterocycles. The predicted octanol–water partition coefficient (Wildman–Crippen LogP) is 5.18. The van der Waals surface area contributed by atoms with Gasteiger partial charge in [-0.3, -0.25) is 4.90 Å².